The van der Waals surface area contributed by atoms with E-state index in [9.17, 15) is 4.79 Å². The summed E-state index contributed by atoms with van der Waals surface area (Å²) in [5.74, 6) is -1.11. The van der Waals surface area contributed by atoms with E-state index in [2.05, 4.69) is 10.2 Å². The van der Waals surface area contributed by atoms with E-state index in [4.69, 9.17) is 16.1 Å². The van der Waals surface area contributed by atoms with Crippen LogP contribution in [0.1, 0.15) is 30.5 Å². The van der Waals surface area contributed by atoms with Crippen LogP contribution in [0.3, 0.4) is 0 Å². The van der Waals surface area contributed by atoms with Crippen molar-refractivity contribution in [3.63, 3.8) is 0 Å². The first kappa shape index (κ1) is 10.1. The van der Waals surface area contributed by atoms with Crippen molar-refractivity contribution in [2.24, 2.45) is 0 Å². The molecule has 6 nitrogen and oxygen atoms in total. The lowest BCUT2D eigenvalue weighted by atomic mass is 10.0. The van der Waals surface area contributed by atoms with Gasteiger partial charge in [-0.3, -0.25) is 9.89 Å². The quantitative estimate of drug-likeness (QED) is 0.645. The fourth-order valence-electron chi connectivity index (χ4n) is 1.21. The van der Waals surface area contributed by atoms with E-state index >= 15 is 0 Å². The number of aromatic amines is 1. The molecule has 1 aromatic heterocycles. The molecule has 0 bridgehead atoms. The number of nitrogens with zero attached hydrogens (tertiary/aromatic N) is 2. The Hall–Kier alpha value is -2.03. The summed E-state index contributed by atoms with van der Waals surface area (Å²) in [6.45, 7) is 1.70. The molecular weight excluding hydrogens is 184 g/mol. The van der Waals surface area contributed by atoms with Crippen LogP contribution in [0.5, 0.6) is 0 Å². The van der Waals surface area contributed by atoms with Gasteiger partial charge in [0.1, 0.15) is 11.6 Å². The maximum Gasteiger partial charge on any atom is 0.304 e. The maximum absolute atomic E-state index is 10.4. The van der Waals surface area contributed by atoms with Crippen molar-refractivity contribution >= 4 is 11.8 Å². The van der Waals surface area contributed by atoms with E-state index in [1.807, 2.05) is 6.07 Å². The summed E-state index contributed by atoms with van der Waals surface area (Å²) >= 11 is 0. The van der Waals surface area contributed by atoms with Crippen molar-refractivity contribution in [3.8, 4) is 6.07 Å². The molecular formula is C8H10N4O2. The van der Waals surface area contributed by atoms with Crippen LogP contribution in [-0.2, 0) is 4.79 Å². The lowest BCUT2D eigenvalue weighted by Crippen LogP contribution is -2.04. The second kappa shape index (κ2) is 3.79. The molecule has 4 N–H and O–H groups in total. The summed E-state index contributed by atoms with van der Waals surface area (Å²) in [6, 6.07) is 1.89. The van der Waals surface area contributed by atoms with Gasteiger partial charge in [-0.2, -0.15) is 10.4 Å². The number of hydrogen-bond donors (Lipinski definition) is 3. The van der Waals surface area contributed by atoms with Crippen molar-refractivity contribution in [2.75, 3.05) is 5.73 Å². The summed E-state index contributed by atoms with van der Waals surface area (Å²) in [5.41, 5.74) is 6.12. The molecule has 0 radical (unpaired) electrons. The van der Waals surface area contributed by atoms with Gasteiger partial charge in [0.05, 0.1) is 12.1 Å². The summed E-state index contributed by atoms with van der Waals surface area (Å²) < 4.78 is 0. The summed E-state index contributed by atoms with van der Waals surface area (Å²) in [5, 5.41) is 23.5. The van der Waals surface area contributed by atoms with Gasteiger partial charge in [-0.25, -0.2) is 0 Å². The highest BCUT2D eigenvalue weighted by Crippen LogP contribution is 2.23. The molecule has 0 amide bonds. The van der Waals surface area contributed by atoms with Crippen molar-refractivity contribution in [1.29, 1.82) is 5.26 Å². The predicted octanol–water partition coefficient (Wildman–Crippen LogP) is 0.442. The van der Waals surface area contributed by atoms with Gasteiger partial charge in [-0.15, -0.1) is 0 Å². The third kappa shape index (κ3) is 1.82. The van der Waals surface area contributed by atoms with Crippen molar-refractivity contribution < 1.29 is 9.90 Å². The number of hydrogen-bond acceptors (Lipinski definition) is 4. The average molecular weight is 194 g/mol. The molecule has 0 aliphatic rings. The molecule has 74 valence electrons. The molecule has 1 heterocycles. The monoisotopic (exact) mass is 194 g/mol. The molecule has 0 aliphatic heterocycles. The lowest BCUT2D eigenvalue weighted by molar-refractivity contribution is -0.137. The fourth-order valence-corrected chi connectivity index (χ4v) is 1.21. The molecule has 0 aliphatic carbocycles. The van der Waals surface area contributed by atoms with Crippen LogP contribution in [0.15, 0.2) is 0 Å². The second-order valence-corrected chi connectivity index (χ2v) is 3.01. The van der Waals surface area contributed by atoms with Crippen LogP contribution >= 0.6 is 0 Å². The number of rotatable bonds is 3. The average Bonchev–Trinajstić information content (AvgIpc) is 2.45. The zero-order valence-electron chi connectivity index (χ0n) is 7.61. The van der Waals surface area contributed by atoms with Crippen molar-refractivity contribution in [1.82, 2.24) is 10.2 Å². The number of carbonyl (C=O) groups is 1. The first-order chi connectivity index (χ1) is 6.56. The fraction of sp³-hybridized carbons (Fsp3) is 0.375. The number of aliphatic carboxylic acids is 1. The third-order valence-corrected chi connectivity index (χ3v) is 1.91. The van der Waals surface area contributed by atoms with E-state index in [1.54, 1.807) is 6.92 Å². The molecule has 0 aromatic carbocycles. The molecule has 6 heteroatoms. The van der Waals surface area contributed by atoms with E-state index < -0.39 is 5.97 Å². The van der Waals surface area contributed by atoms with Crippen LogP contribution in [0.4, 0.5) is 5.82 Å². The minimum Gasteiger partial charge on any atom is -0.481 e. The highest BCUT2D eigenvalue weighted by molar-refractivity contribution is 5.68. The van der Waals surface area contributed by atoms with Gasteiger partial charge >= 0.3 is 5.97 Å². The molecule has 1 aromatic rings. The summed E-state index contributed by atoms with van der Waals surface area (Å²) in [4.78, 5) is 10.4. The highest BCUT2D eigenvalue weighted by atomic mass is 16.4. The van der Waals surface area contributed by atoms with Crippen LogP contribution < -0.4 is 5.73 Å². The summed E-state index contributed by atoms with van der Waals surface area (Å²) in [7, 11) is 0. The van der Waals surface area contributed by atoms with E-state index in [0.717, 1.165) is 0 Å². The molecule has 1 unspecified atom stereocenters. The Labute approximate surface area is 80.3 Å². The SMILES string of the molecule is CC(CC(=O)O)c1[nH]nc(N)c1C#N. The van der Waals surface area contributed by atoms with Gasteiger partial charge in [0.2, 0.25) is 0 Å². The number of H-pyrrole nitrogens is 1. The molecule has 14 heavy (non-hydrogen) atoms. The first-order valence-corrected chi connectivity index (χ1v) is 4.02. The molecule has 0 fully saturated rings. The zero-order valence-corrected chi connectivity index (χ0v) is 7.61. The van der Waals surface area contributed by atoms with Gasteiger partial charge in [-0.1, -0.05) is 6.92 Å². The Balaban J connectivity index is 2.96. The number of nitriles is 1. The number of carboxylic acid groups (broad SMARTS) is 1. The Morgan fingerprint density at radius 1 is 1.86 bits per heavy atom. The van der Waals surface area contributed by atoms with Crippen LogP contribution in [0.2, 0.25) is 0 Å². The molecule has 0 spiro atoms. The minimum absolute atomic E-state index is 0.0592. The van der Waals surface area contributed by atoms with Gasteiger partial charge in [0, 0.05) is 5.92 Å². The number of aromatic nitrogens is 2. The van der Waals surface area contributed by atoms with Gasteiger partial charge in [-0.05, 0) is 0 Å². The van der Waals surface area contributed by atoms with Crippen LogP contribution in [-0.4, -0.2) is 21.3 Å². The van der Waals surface area contributed by atoms with Gasteiger partial charge < -0.3 is 10.8 Å². The van der Waals surface area contributed by atoms with Crippen molar-refractivity contribution in [3.05, 3.63) is 11.3 Å². The summed E-state index contributed by atoms with van der Waals surface area (Å²) in [6.07, 6.45) is -0.0592. The topological polar surface area (TPSA) is 116 Å². The maximum atomic E-state index is 10.4. The Kier molecular flexibility index (Phi) is 2.72. The van der Waals surface area contributed by atoms with E-state index in [0.29, 0.717) is 5.69 Å². The standard InChI is InChI=1S/C8H10N4O2/c1-4(2-6(13)14)7-5(3-9)8(10)12-11-7/h4H,2H2,1H3,(H,13,14)(H3,10,11,12). The van der Waals surface area contributed by atoms with E-state index in [-0.39, 0.29) is 23.7 Å². The molecule has 1 rings (SSSR count). The number of nitrogens with one attached hydrogen (secondary N) is 1. The number of anilines is 1. The van der Waals surface area contributed by atoms with Crippen molar-refractivity contribution in [2.45, 2.75) is 19.3 Å². The molecule has 1 atom stereocenters. The Morgan fingerprint density at radius 3 is 3.00 bits per heavy atom. The molecule has 0 saturated heterocycles. The number of carboxylic acids is 1. The predicted molar refractivity (Wildman–Crippen MR) is 48.4 cm³/mol. The number of nitrogen functional groups attached to an aromatic ring is 1. The smallest absolute Gasteiger partial charge is 0.304 e. The highest BCUT2D eigenvalue weighted by Gasteiger charge is 2.18. The third-order valence-electron chi connectivity index (χ3n) is 1.91. The van der Waals surface area contributed by atoms with Gasteiger partial charge in [0.25, 0.3) is 0 Å². The lowest BCUT2D eigenvalue weighted by Gasteiger charge is -2.05. The Morgan fingerprint density at radius 2 is 2.50 bits per heavy atom. The first-order valence-electron chi connectivity index (χ1n) is 4.02. The molecule has 0 saturated carbocycles. The van der Waals surface area contributed by atoms with Crippen LogP contribution in [0, 0.1) is 11.3 Å². The van der Waals surface area contributed by atoms with Crippen LogP contribution in [0.25, 0.3) is 0 Å². The zero-order chi connectivity index (χ0) is 10.7. The second-order valence-electron chi connectivity index (χ2n) is 3.01. The normalized spacial score (nSPS) is 12.0. The number of nitrogens with two attached hydrogens (primary N) is 1. The van der Waals surface area contributed by atoms with Gasteiger partial charge in [0.15, 0.2) is 5.82 Å². The largest absolute Gasteiger partial charge is 0.481 e. The Bertz CT molecular complexity index is 391. The minimum atomic E-state index is -0.922. The van der Waals surface area contributed by atoms with E-state index in [1.165, 1.54) is 0 Å².